The van der Waals surface area contributed by atoms with Gasteiger partial charge in [-0.25, -0.2) is 9.59 Å². The molecule has 2 aliphatic rings. The smallest absolute Gasteiger partial charge is 0.334 e. The summed E-state index contributed by atoms with van der Waals surface area (Å²) in [5.41, 5.74) is 2.36. The van der Waals surface area contributed by atoms with Gasteiger partial charge in [0.25, 0.3) is 0 Å². The lowest BCUT2D eigenvalue weighted by Gasteiger charge is -2.27. The van der Waals surface area contributed by atoms with Gasteiger partial charge in [-0.15, -0.1) is 0 Å². The highest BCUT2D eigenvalue weighted by Gasteiger charge is 2.44. The second-order valence-corrected chi connectivity index (χ2v) is 6.71. The summed E-state index contributed by atoms with van der Waals surface area (Å²) in [6.45, 7) is 6.95. The molecule has 1 fully saturated rings. The van der Waals surface area contributed by atoms with E-state index in [2.05, 4.69) is 6.58 Å². The highest BCUT2D eigenvalue weighted by Crippen LogP contribution is 2.36. The summed E-state index contributed by atoms with van der Waals surface area (Å²) in [7, 11) is 0. The Morgan fingerprint density at radius 3 is 2.85 bits per heavy atom. The van der Waals surface area contributed by atoms with Gasteiger partial charge in [-0.05, 0) is 44.4 Å². The molecule has 6 nitrogen and oxygen atoms in total. The van der Waals surface area contributed by atoms with Gasteiger partial charge < -0.3 is 19.7 Å². The third kappa shape index (κ3) is 4.71. The molecule has 0 radical (unpaired) electrons. The zero-order chi connectivity index (χ0) is 19.3. The Balaban J connectivity index is 2.38. The van der Waals surface area contributed by atoms with E-state index < -0.39 is 30.1 Å². The van der Waals surface area contributed by atoms with Gasteiger partial charge in [-0.3, -0.25) is 0 Å². The minimum atomic E-state index is -0.626. The van der Waals surface area contributed by atoms with Crippen LogP contribution in [-0.2, 0) is 19.1 Å². The number of allylic oxidation sites excluding steroid dienone is 1. The van der Waals surface area contributed by atoms with Crippen molar-refractivity contribution >= 4 is 11.9 Å². The molecule has 26 heavy (non-hydrogen) atoms. The summed E-state index contributed by atoms with van der Waals surface area (Å²) in [4.78, 5) is 24.4. The maximum atomic E-state index is 12.3. The molecule has 0 aromatic rings. The second kappa shape index (κ2) is 8.96. The van der Waals surface area contributed by atoms with Crippen LogP contribution in [0.1, 0.15) is 33.1 Å². The first-order chi connectivity index (χ1) is 12.4. The number of esters is 2. The van der Waals surface area contributed by atoms with Crippen molar-refractivity contribution in [2.45, 2.75) is 45.3 Å². The summed E-state index contributed by atoms with van der Waals surface area (Å²) in [6.07, 6.45) is 5.78. The monoisotopic (exact) mass is 362 g/mol. The number of carbonyl (C=O) groups is 2. The van der Waals surface area contributed by atoms with Crippen molar-refractivity contribution in [2.24, 2.45) is 5.92 Å². The number of hydrogen-bond donors (Lipinski definition) is 2. The standard InChI is InChI=1S/C20H26O6/c1-12-5-4-6-15(11-22)10-17-18(14(3)20(24)26-17)16(9-12)25-19(23)13(2)7-8-21/h5,7,10,16-18,21-22H,3-4,6,8-9,11H2,1-2H3/b12-5-,13-7+,15-10+/t16-,17+,18+/m0/s1. The predicted molar refractivity (Wildman–Crippen MR) is 96.0 cm³/mol. The van der Waals surface area contributed by atoms with Crippen molar-refractivity contribution in [1.82, 2.24) is 0 Å². The zero-order valence-corrected chi connectivity index (χ0v) is 15.2. The SMILES string of the molecule is C=C1C(=O)O[C@@H]2/C=C(/CO)CC/C=C(/C)C[C@H](OC(=O)/C(C)=C/CO)[C@@H]12. The average Bonchev–Trinajstić information content (AvgIpc) is 2.87. The highest BCUT2D eigenvalue weighted by molar-refractivity contribution is 5.92. The van der Waals surface area contributed by atoms with Gasteiger partial charge in [0.2, 0.25) is 0 Å². The van der Waals surface area contributed by atoms with Crippen molar-refractivity contribution in [2.75, 3.05) is 13.2 Å². The van der Waals surface area contributed by atoms with E-state index in [1.807, 2.05) is 13.0 Å². The lowest BCUT2D eigenvalue weighted by molar-refractivity contribution is -0.147. The van der Waals surface area contributed by atoms with Crippen LogP contribution in [0, 0.1) is 5.92 Å². The molecule has 0 aromatic carbocycles. The number of aliphatic hydroxyl groups is 2. The van der Waals surface area contributed by atoms with Crippen molar-refractivity contribution < 1.29 is 29.3 Å². The van der Waals surface area contributed by atoms with Gasteiger partial charge in [-0.1, -0.05) is 18.2 Å². The number of aliphatic hydroxyl groups excluding tert-OH is 2. The van der Waals surface area contributed by atoms with Crippen LogP contribution in [0.25, 0.3) is 0 Å². The van der Waals surface area contributed by atoms with Gasteiger partial charge >= 0.3 is 11.9 Å². The number of hydrogen-bond acceptors (Lipinski definition) is 6. The molecular weight excluding hydrogens is 336 g/mol. The molecule has 0 amide bonds. The third-order valence-electron chi connectivity index (χ3n) is 4.72. The summed E-state index contributed by atoms with van der Waals surface area (Å²) in [5, 5.41) is 18.5. The van der Waals surface area contributed by atoms with Crippen molar-refractivity contribution in [3.63, 3.8) is 0 Å². The van der Waals surface area contributed by atoms with Crippen molar-refractivity contribution in [3.8, 4) is 0 Å². The molecule has 2 N–H and O–H groups in total. The quantitative estimate of drug-likeness (QED) is 0.451. The van der Waals surface area contributed by atoms with E-state index in [9.17, 15) is 14.7 Å². The molecule has 6 heteroatoms. The lowest BCUT2D eigenvalue weighted by atomic mass is 9.85. The molecule has 0 saturated carbocycles. The first-order valence-corrected chi connectivity index (χ1v) is 8.71. The Kier molecular flexibility index (Phi) is 6.94. The van der Waals surface area contributed by atoms with E-state index in [0.29, 0.717) is 18.4 Å². The molecule has 2 rings (SSSR count). The molecule has 3 atom stereocenters. The predicted octanol–water partition coefficient (Wildman–Crippen LogP) is 1.98. The fourth-order valence-corrected chi connectivity index (χ4v) is 3.23. The van der Waals surface area contributed by atoms with Crippen LogP contribution in [0.3, 0.4) is 0 Å². The van der Waals surface area contributed by atoms with Crippen LogP contribution in [0.5, 0.6) is 0 Å². The Morgan fingerprint density at radius 1 is 1.46 bits per heavy atom. The first-order valence-electron chi connectivity index (χ1n) is 8.71. The zero-order valence-electron chi connectivity index (χ0n) is 15.2. The van der Waals surface area contributed by atoms with Gasteiger partial charge in [0, 0.05) is 17.6 Å². The molecule has 1 heterocycles. The molecule has 1 saturated heterocycles. The molecule has 0 bridgehead atoms. The summed E-state index contributed by atoms with van der Waals surface area (Å²) in [6, 6.07) is 0. The molecule has 1 aliphatic carbocycles. The highest BCUT2D eigenvalue weighted by atomic mass is 16.6. The maximum Gasteiger partial charge on any atom is 0.334 e. The van der Waals surface area contributed by atoms with Gasteiger partial charge in [0.15, 0.2) is 0 Å². The summed E-state index contributed by atoms with van der Waals surface area (Å²) >= 11 is 0. The van der Waals surface area contributed by atoms with E-state index in [-0.39, 0.29) is 18.8 Å². The second-order valence-electron chi connectivity index (χ2n) is 6.71. The lowest BCUT2D eigenvalue weighted by Crippen LogP contribution is -2.33. The van der Waals surface area contributed by atoms with Crippen molar-refractivity contribution in [1.29, 1.82) is 0 Å². The van der Waals surface area contributed by atoms with Crippen LogP contribution < -0.4 is 0 Å². The molecule has 1 aliphatic heterocycles. The Bertz CT molecular complexity index is 670. The van der Waals surface area contributed by atoms with E-state index in [1.165, 1.54) is 6.08 Å². The fraction of sp³-hybridized carbons (Fsp3) is 0.500. The molecule has 142 valence electrons. The van der Waals surface area contributed by atoms with Crippen LogP contribution in [0.4, 0.5) is 0 Å². The average molecular weight is 362 g/mol. The first kappa shape index (κ1) is 20.1. The van der Waals surface area contributed by atoms with Crippen LogP contribution in [0.15, 0.2) is 47.1 Å². The fourth-order valence-electron chi connectivity index (χ4n) is 3.23. The van der Waals surface area contributed by atoms with Gasteiger partial charge in [0.05, 0.1) is 19.1 Å². The maximum absolute atomic E-state index is 12.3. The third-order valence-corrected chi connectivity index (χ3v) is 4.72. The van der Waals surface area contributed by atoms with Gasteiger partial charge in [0.1, 0.15) is 12.2 Å². The number of carbonyl (C=O) groups excluding carboxylic acids is 2. The van der Waals surface area contributed by atoms with Crippen molar-refractivity contribution in [3.05, 3.63) is 47.1 Å². The van der Waals surface area contributed by atoms with Crippen LogP contribution in [-0.4, -0.2) is 47.6 Å². The minimum Gasteiger partial charge on any atom is -0.458 e. The Morgan fingerprint density at radius 2 is 2.19 bits per heavy atom. The number of ether oxygens (including phenoxy) is 2. The normalized spacial score (nSPS) is 31.2. The Labute approximate surface area is 153 Å². The van der Waals surface area contributed by atoms with Crippen LogP contribution in [0.2, 0.25) is 0 Å². The van der Waals surface area contributed by atoms with E-state index >= 15 is 0 Å². The van der Waals surface area contributed by atoms with Gasteiger partial charge in [-0.2, -0.15) is 0 Å². The Hall–Kier alpha value is -2.18. The van der Waals surface area contributed by atoms with Crippen LogP contribution >= 0.6 is 0 Å². The largest absolute Gasteiger partial charge is 0.458 e. The number of rotatable bonds is 4. The molecular formula is C20H26O6. The molecule has 0 spiro atoms. The molecule has 0 aromatic heterocycles. The summed E-state index contributed by atoms with van der Waals surface area (Å²) in [5.74, 6) is -1.58. The molecule has 0 unspecified atom stereocenters. The van der Waals surface area contributed by atoms with E-state index in [4.69, 9.17) is 14.6 Å². The topological polar surface area (TPSA) is 93.1 Å². The van der Waals surface area contributed by atoms with E-state index in [0.717, 1.165) is 17.6 Å². The number of fused-ring (bicyclic) bond motifs is 1. The summed E-state index contributed by atoms with van der Waals surface area (Å²) < 4.78 is 11.1. The minimum absolute atomic E-state index is 0.122. The van der Waals surface area contributed by atoms with E-state index in [1.54, 1.807) is 13.0 Å².